The highest BCUT2D eigenvalue weighted by Gasteiger charge is 2.06. The van der Waals surface area contributed by atoms with Gasteiger partial charge in [0.05, 0.1) is 0 Å². The minimum atomic E-state index is 0.626. The maximum Gasteiger partial charge on any atom is 0.0299 e. The van der Waals surface area contributed by atoms with E-state index >= 15 is 0 Å². The third-order valence-electron chi connectivity index (χ3n) is 2.89. The van der Waals surface area contributed by atoms with Crippen molar-refractivity contribution < 1.29 is 0 Å². The zero-order chi connectivity index (χ0) is 11.1. The van der Waals surface area contributed by atoms with E-state index in [-0.39, 0.29) is 0 Å². The Morgan fingerprint density at radius 2 is 2.13 bits per heavy atom. The first-order valence-electron chi connectivity index (χ1n) is 5.78. The minimum Gasteiger partial charge on any atom is -0.317 e. The van der Waals surface area contributed by atoms with Crippen molar-refractivity contribution in [2.24, 2.45) is 5.92 Å². The van der Waals surface area contributed by atoms with Gasteiger partial charge in [0.1, 0.15) is 0 Å². The summed E-state index contributed by atoms with van der Waals surface area (Å²) >= 11 is 0. The van der Waals surface area contributed by atoms with Gasteiger partial charge in [0.2, 0.25) is 0 Å². The van der Waals surface area contributed by atoms with E-state index in [2.05, 4.69) is 30.2 Å². The van der Waals surface area contributed by atoms with Gasteiger partial charge in [-0.3, -0.25) is 4.98 Å². The minimum absolute atomic E-state index is 0.626. The topological polar surface area (TPSA) is 24.9 Å². The van der Waals surface area contributed by atoms with Gasteiger partial charge >= 0.3 is 0 Å². The van der Waals surface area contributed by atoms with Crippen LogP contribution >= 0.6 is 0 Å². The Morgan fingerprint density at radius 1 is 1.33 bits per heavy atom. The van der Waals surface area contributed by atoms with Crippen molar-refractivity contribution in [1.82, 2.24) is 10.3 Å². The Balaban J connectivity index is 2.27. The van der Waals surface area contributed by atoms with Gasteiger partial charge in [-0.2, -0.15) is 0 Å². The highest BCUT2D eigenvalue weighted by atomic mass is 14.8. The van der Waals surface area contributed by atoms with Crippen LogP contribution in [0.15, 0.2) is 24.5 Å². The second-order valence-corrected chi connectivity index (χ2v) is 4.44. The predicted molar refractivity (Wildman–Crippen MR) is 64.9 cm³/mol. The number of hydrogen-bond acceptors (Lipinski definition) is 2. The summed E-state index contributed by atoms with van der Waals surface area (Å²) in [5, 5.41) is 3.27. The number of aromatic nitrogens is 1. The summed E-state index contributed by atoms with van der Waals surface area (Å²) in [5.74, 6) is 0.741. The lowest BCUT2D eigenvalue weighted by Crippen LogP contribution is -2.21. The van der Waals surface area contributed by atoms with Crippen LogP contribution in [-0.2, 0) is 6.42 Å². The van der Waals surface area contributed by atoms with Crippen molar-refractivity contribution in [3.05, 3.63) is 30.1 Å². The quantitative estimate of drug-likeness (QED) is 0.774. The van der Waals surface area contributed by atoms with E-state index in [1.165, 1.54) is 18.4 Å². The van der Waals surface area contributed by atoms with Gasteiger partial charge in [-0.1, -0.05) is 13.0 Å². The summed E-state index contributed by atoms with van der Waals surface area (Å²) in [4.78, 5) is 4.14. The summed E-state index contributed by atoms with van der Waals surface area (Å²) in [7, 11) is 2.02. The molecular formula is C13H22N2. The molecule has 0 aliphatic heterocycles. The summed E-state index contributed by atoms with van der Waals surface area (Å²) in [6.07, 6.45) is 7.47. The predicted octanol–water partition coefficient (Wildman–Crippen LogP) is 2.65. The molecule has 0 aliphatic carbocycles. The molecule has 0 aromatic carbocycles. The third-order valence-corrected chi connectivity index (χ3v) is 2.89. The van der Waals surface area contributed by atoms with Gasteiger partial charge in [-0.25, -0.2) is 0 Å². The molecule has 0 fully saturated rings. The van der Waals surface area contributed by atoms with Gasteiger partial charge in [-0.05, 0) is 50.8 Å². The Labute approximate surface area is 93.1 Å². The lowest BCUT2D eigenvalue weighted by atomic mass is 9.96. The Bertz CT molecular complexity index is 258. The average molecular weight is 206 g/mol. The number of nitrogens with zero attached hydrogens (tertiary/aromatic N) is 1. The third kappa shape index (κ3) is 4.93. The molecule has 2 unspecified atom stereocenters. The first-order chi connectivity index (χ1) is 7.22. The van der Waals surface area contributed by atoms with E-state index in [0.29, 0.717) is 6.04 Å². The molecule has 0 spiro atoms. The van der Waals surface area contributed by atoms with Crippen LogP contribution in [0.5, 0.6) is 0 Å². The van der Waals surface area contributed by atoms with Crippen LogP contribution < -0.4 is 5.32 Å². The van der Waals surface area contributed by atoms with Gasteiger partial charge in [0.15, 0.2) is 0 Å². The number of pyridine rings is 1. The number of hydrogen-bond donors (Lipinski definition) is 1. The van der Waals surface area contributed by atoms with Crippen molar-refractivity contribution in [2.45, 2.75) is 39.2 Å². The number of rotatable bonds is 6. The van der Waals surface area contributed by atoms with E-state index in [0.717, 1.165) is 12.3 Å². The average Bonchev–Trinajstić information content (AvgIpc) is 2.27. The van der Waals surface area contributed by atoms with E-state index < -0.39 is 0 Å². The standard InChI is InChI=1S/C13H22N2/c1-11(6-7-12(2)14-3)9-13-5-4-8-15-10-13/h4-5,8,10-12,14H,6-7,9H2,1-3H3. The molecule has 0 radical (unpaired) electrons. The van der Waals surface area contributed by atoms with Crippen molar-refractivity contribution in [3.8, 4) is 0 Å². The molecule has 1 rings (SSSR count). The molecule has 0 aliphatic rings. The molecule has 0 saturated carbocycles. The molecule has 0 bridgehead atoms. The van der Waals surface area contributed by atoms with Gasteiger partial charge in [-0.15, -0.1) is 0 Å². The van der Waals surface area contributed by atoms with E-state index in [9.17, 15) is 0 Å². The fourth-order valence-electron chi connectivity index (χ4n) is 1.70. The van der Waals surface area contributed by atoms with Crippen LogP contribution in [0.2, 0.25) is 0 Å². The maximum absolute atomic E-state index is 4.14. The molecule has 2 atom stereocenters. The monoisotopic (exact) mass is 206 g/mol. The normalized spacial score (nSPS) is 14.9. The molecular weight excluding hydrogens is 184 g/mol. The lowest BCUT2D eigenvalue weighted by Gasteiger charge is -2.14. The van der Waals surface area contributed by atoms with E-state index in [4.69, 9.17) is 0 Å². The van der Waals surface area contributed by atoms with Gasteiger partial charge < -0.3 is 5.32 Å². The zero-order valence-corrected chi connectivity index (χ0v) is 10.0. The van der Waals surface area contributed by atoms with E-state index in [1.807, 2.05) is 25.5 Å². The maximum atomic E-state index is 4.14. The lowest BCUT2D eigenvalue weighted by molar-refractivity contribution is 0.450. The zero-order valence-electron chi connectivity index (χ0n) is 10.0. The van der Waals surface area contributed by atoms with Crippen molar-refractivity contribution >= 4 is 0 Å². The molecule has 84 valence electrons. The highest BCUT2D eigenvalue weighted by molar-refractivity contribution is 5.08. The van der Waals surface area contributed by atoms with Crippen molar-refractivity contribution in [1.29, 1.82) is 0 Å². The molecule has 0 amide bonds. The summed E-state index contributed by atoms with van der Waals surface area (Å²) in [6.45, 7) is 4.55. The Kier molecular flexibility index (Phi) is 5.33. The SMILES string of the molecule is CNC(C)CCC(C)Cc1cccnc1. The molecule has 1 N–H and O–H groups in total. The molecule has 2 nitrogen and oxygen atoms in total. The van der Waals surface area contributed by atoms with Crippen molar-refractivity contribution in [3.63, 3.8) is 0 Å². The van der Waals surface area contributed by atoms with Crippen LogP contribution in [0.25, 0.3) is 0 Å². The molecule has 1 heterocycles. The van der Waals surface area contributed by atoms with Crippen LogP contribution in [-0.4, -0.2) is 18.1 Å². The van der Waals surface area contributed by atoms with Crippen LogP contribution in [0, 0.1) is 5.92 Å². The summed E-state index contributed by atoms with van der Waals surface area (Å²) in [6, 6.07) is 4.80. The van der Waals surface area contributed by atoms with Crippen LogP contribution in [0.4, 0.5) is 0 Å². The summed E-state index contributed by atoms with van der Waals surface area (Å²) in [5.41, 5.74) is 1.35. The molecule has 0 saturated heterocycles. The fraction of sp³-hybridized carbons (Fsp3) is 0.615. The smallest absolute Gasteiger partial charge is 0.0299 e. The largest absolute Gasteiger partial charge is 0.317 e. The van der Waals surface area contributed by atoms with Crippen LogP contribution in [0.1, 0.15) is 32.3 Å². The number of nitrogens with one attached hydrogen (secondary N) is 1. The van der Waals surface area contributed by atoms with Gasteiger partial charge in [0.25, 0.3) is 0 Å². The van der Waals surface area contributed by atoms with Crippen LogP contribution in [0.3, 0.4) is 0 Å². The highest BCUT2D eigenvalue weighted by Crippen LogP contribution is 2.13. The Hall–Kier alpha value is -0.890. The molecule has 1 aromatic heterocycles. The summed E-state index contributed by atoms with van der Waals surface area (Å²) < 4.78 is 0. The second kappa shape index (κ2) is 6.57. The molecule has 1 aromatic rings. The van der Waals surface area contributed by atoms with Gasteiger partial charge in [0, 0.05) is 18.4 Å². The second-order valence-electron chi connectivity index (χ2n) is 4.44. The van der Waals surface area contributed by atoms with E-state index in [1.54, 1.807) is 0 Å². The Morgan fingerprint density at radius 3 is 2.73 bits per heavy atom. The molecule has 15 heavy (non-hydrogen) atoms. The molecule has 2 heteroatoms. The first-order valence-corrected chi connectivity index (χ1v) is 5.78. The van der Waals surface area contributed by atoms with Crippen molar-refractivity contribution in [2.75, 3.05) is 7.05 Å². The first kappa shape index (κ1) is 12.2. The fourth-order valence-corrected chi connectivity index (χ4v) is 1.70.